The molecule has 1 atom stereocenters. The zero-order valence-electron chi connectivity index (χ0n) is 15.2. The molecule has 0 radical (unpaired) electrons. The Kier molecular flexibility index (Phi) is 6.92. The van der Waals surface area contributed by atoms with Crippen LogP contribution in [0.1, 0.15) is 18.1 Å². The number of amides is 2. The number of ether oxygens (including phenoxy) is 1. The standard InChI is InChI=1S/C17H23N3O6S/c1-3-18-15(21)9-19-16(22)11-26-17(23)14-8-12-6-4-5-7-13(12)10-20(14)27(2,24)25/h4-7,14H,3,8-11H2,1-2H3,(H,18,21)(H,19,22)/t14-/m0/s1. The molecule has 0 bridgehead atoms. The lowest BCUT2D eigenvalue weighted by atomic mass is 9.96. The van der Waals surface area contributed by atoms with Crippen LogP contribution in [-0.2, 0) is 42.1 Å². The molecule has 9 nitrogen and oxygen atoms in total. The average Bonchev–Trinajstić information content (AvgIpc) is 2.62. The van der Waals surface area contributed by atoms with Crippen LogP contribution in [0.5, 0.6) is 0 Å². The van der Waals surface area contributed by atoms with E-state index in [1.54, 1.807) is 13.0 Å². The Balaban J connectivity index is 1.99. The topological polar surface area (TPSA) is 122 Å². The molecule has 0 aromatic heterocycles. The normalized spacial score (nSPS) is 16.9. The number of sulfonamides is 1. The van der Waals surface area contributed by atoms with E-state index >= 15 is 0 Å². The molecule has 27 heavy (non-hydrogen) atoms. The first-order chi connectivity index (χ1) is 12.7. The number of rotatable bonds is 7. The van der Waals surface area contributed by atoms with Gasteiger partial charge in [0.15, 0.2) is 6.61 Å². The molecule has 2 amide bonds. The fourth-order valence-corrected chi connectivity index (χ4v) is 3.77. The summed E-state index contributed by atoms with van der Waals surface area (Å²) >= 11 is 0. The van der Waals surface area contributed by atoms with Crippen molar-refractivity contribution in [1.82, 2.24) is 14.9 Å². The van der Waals surface area contributed by atoms with Crippen molar-refractivity contribution in [2.75, 3.05) is 26.0 Å². The van der Waals surface area contributed by atoms with E-state index in [9.17, 15) is 22.8 Å². The van der Waals surface area contributed by atoms with E-state index in [0.29, 0.717) is 6.54 Å². The lowest BCUT2D eigenvalue weighted by molar-refractivity contribution is -0.152. The molecule has 0 aliphatic carbocycles. The molecule has 1 aromatic carbocycles. The third-order valence-corrected chi connectivity index (χ3v) is 5.30. The third-order valence-electron chi connectivity index (χ3n) is 4.07. The van der Waals surface area contributed by atoms with E-state index in [2.05, 4.69) is 10.6 Å². The molecule has 0 saturated carbocycles. The van der Waals surface area contributed by atoms with Crippen LogP contribution in [-0.4, -0.2) is 62.5 Å². The Morgan fingerprint density at radius 2 is 1.81 bits per heavy atom. The average molecular weight is 397 g/mol. The Bertz CT molecular complexity index is 824. The van der Waals surface area contributed by atoms with Crippen LogP contribution in [0.2, 0.25) is 0 Å². The van der Waals surface area contributed by atoms with Gasteiger partial charge >= 0.3 is 5.97 Å². The van der Waals surface area contributed by atoms with Gasteiger partial charge in [-0.25, -0.2) is 8.42 Å². The van der Waals surface area contributed by atoms with Crippen molar-refractivity contribution in [3.63, 3.8) is 0 Å². The number of carbonyl (C=O) groups is 3. The van der Waals surface area contributed by atoms with Gasteiger partial charge in [-0.15, -0.1) is 0 Å². The molecule has 0 spiro atoms. The first-order valence-electron chi connectivity index (χ1n) is 8.46. The second-order valence-electron chi connectivity index (χ2n) is 6.13. The van der Waals surface area contributed by atoms with E-state index in [1.165, 1.54) is 0 Å². The molecular formula is C17H23N3O6S. The molecule has 1 aliphatic heterocycles. The maximum atomic E-state index is 12.4. The van der Waals surface area contributed by atoms with Gasteiger partial charge in [0.05, 0.1) is 12.8 Å². The predicted octanol–water partition coefficient (Wildman–Crippen LogP) is -0.832. The van der Waals surface area contributed by atoms with Crippen LogP contribution in [0, 0.1) is 0 Å². The number of benzene rings is 1. The minimum Gasteiger partial charge on any atom is -0.454 e. The van der Waals surface area contributed by atoms with E-state index in [1.807, 2.05) is 18.2 Å². The van der Waals surface area contributed by atoms with E-state index in [4.69, 9.17) is 4.74 Å². The number of hydrogen-bond acceptors (Lipinski definition) is 6. The second kappa shape index (κ2) is 8.96. The summed E-state index contributed by atoms with van der Waals surface area (Å²) in [6.45, 7) is 1.44. The summed E-state index contributed by atoms with van der Waals surface area (Å²) in [4.78, 5) is 35.4. The highest BCUT2D eigenvalue weighted by Crippen LogP contribution is 2.26. The number of esters is 1. The summed E-state index contributed by atoms with van der Waals surface area (Å²) in [7, 11) is -3.65. The van der Waals surface area contributed by atoms with Crippen LogP contribution < -0.4 is 10.6 Å². The van der Waals surface area contributed by atoms with Crippen molar-refractivity contribution >= 4 is 27.8 Å². The lowest BCUT2D eigenvalue weighted by Crippen LogP contribution is -2.49. The Labute approximate surface area is 158 Å². The Morgan fingerprint density at radius 1 is 1.15 bits per heavy atom. The van der Waals surface area contributed by atoms with Crippen LogP contribution in [0.15, 0.2) is 24.3 Å². The first kappa shape index (κ1) is 20.8. The van der Waals surface area contributed by atoms with E-state index in [-0.39, 0.29) is 25.4 Å². The van der Waals surface area contributed by atoms with Gasteiger partial charge in [-0.05, 0) is 18.1 Å². The molecule has 0 unspecified atom stereocenters. The van der Waals surface area contributed by atoms with Gasteiger partial charge < -0.3 is 15.4 Å². The molecule has 2 N–H and O–H groups in total. The second-order valence-corrected chi connectivity index (χ2v) is 8.07. The Morgan fingerprint density at radius 3 is 2.44 bits per heavy atom. The van der Waals surface area contributed by atoms with E-state index < -0.39 is 34.5 Å². The molecule has 0 fully saturated rings. The number of nitrogens with zero attached hydrogens (tertiary/aromatic N) is 1. The predicted molar refractivity (Wildman–Crippen MR) is 97.0 cm³/mol. The highest BCUT2D eigenvalue weighted by atomic mass is 32.2. The van der Waals surface area contributed by atoms with Crippen molar-refractivity contribution in [1.29, 1.82) is 0 Å². The summed E-state index contributed by atoms with van der Waals surface area (Å²) in [6, 6.07) is 6.22. The molecule has 2 rings (SSSR count). The van der Waals surface area contributed by atoms with Crippen LogP contribution in [0.4, 0.5) is 0 Å². The van der Waals surface area contributed by atoms with Crippen LogP contribution in [0.25, 0.3) is 0 Å². The minimum atomic E-state index is -3.65. The molecule has 1 aromatic rings. The van der Waals surface area contributed by atoms with Crippen LogP contribution >= 0.6 is 0 Å². The van der Waals surface area contributed by atoms with Crippen molar-refractivity contribution in [3.05, 3.63) is 35.4 Å². The zero-order chi connectivity index (χ0) is 20.0. The number of fused-ring (bicyclic) bond motifs is 1. The summed E-state index contributed by atoms with van der Waals surface area (Å²) < 4.78 is 30.2. The zero-order valence-corrected chi connectivity index (χ0v) is 16.0. The lowest BCUT2D eigenvalue weighted by Gasteiger charge is -2.33. The molecule has 1 aliphatic rings. The number of nitrogens with one attached hydrogen (secondary N) is 2. The quantitative estimate of drug-likeness (QED) is 0.579. The van der Waals surface area contributed by atoms with Crippen molar-refractivity contribution in [2.24, 2.45) is 0 Å². The van der Waals surface area contributed by atoms with Crippen molar-refractivity contribution in [3.8, 4) is 0 Å². The van der Waals surface area contributed by atoms with Gasteiger partial charge in [-0.3, -0.25) is 14.4 Å². The van der Waals surface area contributed by atoms with Gasteiger partial charge in [0, 0.05) is 19.5 Å². The molecule has 1 heterocycles. The van der Waals surface area contributed by atoms with Crippen molar-refractivity contribution in [2.45, 2.75) is 25.9 Å². The Hall–Kier alpha value is -2.46. The largest absolute Gasteiger partial charge is 0.454 e. The first-order valence-corrected chi connectivity index (χ1v) is 10.3. The molecule has 10 heteroatoms. The van der Waals surface area contributed by atoms with Gasteiger partial charge in [0.2, 0.25) is 15.9 Å². The number of carbonyl (C=O) groups excluding carboxylic acids is 3. The van der Waals surface area contributed by atoms with Gasteiger partial charge in [-0.1, -0.05) is 24.3 Å². The third kappa shape index (κ3) is 5.76. The maximum Gasteiger partial charge on any atom is 0.325 e. The minimum absolute atomic E-state index is 0.0676. The van der Waals surface area contributed by atoms with Crippen LogP contribution in [0.3, 0.4) is 0 Å². The number of hydrogen-bond donors (Lipinski definition) is 2. The highest BCUT2D eigenvalue weighted by molar-refractivity contribution is 7.88. The fourth-order valence-electron chi connectivity index (χ4n) is 2.77. The smallest absolute Gasteiger partial charge is 0.325 e. The molecular weight excluding hydrogens is 374 g/mol. The summed E-state index contributed by atoms with van der Waals surface area (Å²) in [5.74, 6) is -1.80. The molecule has 0 saturated heterocycles. The maximum absolute atomic E-state index is 12.4. The van der Waals surface area contributed by atoms with Gasteiger partial charge in [-0.2, -0.15) is 4.31 Å². The fraction of sp³-hybridized carbons (Fsp3) is 0.471. The summed E-state index contributed by atoms with van der Waals surface area (Å²) in [5.41, 5.74) is 1.69. The monoisotopic (exact) mass is 397 g/mol. The summed E-state index contributed by atoms with van der Waals surface area (Å²) in [5, 5.41) is 4.84. The van der Waals surface area contributed by atoms with E-state index in [0.717, 1.165) is 21.7 Å². The summed E-state index contributed by atoms with van der Waals surface area (Å²) in [6.07, 6.45) is 1.20. The van der Waals surface area contributed by atoms with Gasteiger partial charge in [0.1, 0.15) is 6.04 Å². The van der Waals surface area contributed by atoms with Gasteiger partial charge in [0.25, 0.3) is 5.91 Å². The SMILES string of the molecule is CCNC(=O)CNC(=O)COC(=O)[C@@H]1Cc2ccccc2CN1S(C)(=O)=O. The number of likely N-dealkylation sites (N-methyl/N-ethyl adjacent to an activating group) is 1. The highest BCUT2D eigenvalue weighted by Gasteiger charge is 2.38. The van der Waals surface area contributed by atoms with Crippen molar-refractivity contribution < 1.29 is 27.5 Å². The molecule has 148 valence electrons.